The van der Waals surface area contributed by atoms with Crippen molar-refractivity contribution in [3.05, 3.63) is 79.9 Å². The predicted octanol–water partition coefficient (Wildman–Crippen LogP) is 4.38. The number of hydrogen-bond donors (Lipinski definition) is 1. The zero-order valence-electron chi connectivity index (χ0n) is 20.1. The minimum atomic E-state index is -0.391. The third kappa shape index (κ3) is 4.61. The predicted molar refractivity (Wildman–Crippen MR) is 143 cm³/mol. The smallest absolute Gasteiger partial charge is 0.270 e. The molecule has 1 aromatic carbocycles. The number of hydrogen-bond acceptors (Lipinski definition) is 9. The Morgan fingerprint density at radius 1 is 1.24 bits per heavy atom. The number of amides is 1. The SMILES string of the molecule is CCn1c(NCc2ccc3c(c2)OCO3)c(/C=C2/SC(=S)N(Cc3ccco3)C2=O)c(C)c(C#N)c1=O. The Labute approximate surface area is 222 Å². The number of rotatable bonds is 7. The van der Waals surface area contributed by atoms with Gasteiger partial charge in [-0.1, -0.05) is 30.0 Å². The van der Waals surface area contributed by atoms with E-state index in [1.54, 1.807) is 31.4 Å². The number of nitriles is 1. The van der Waals surface area contributed by atoms with Crippen molar-refractivity contribution >= 4 is 46.1 Å². The van der Waals surface area contributed by atoms with Gasteiger partial charge in [0.15, 0.2) is 11.5 Å². The second-order valence-electron chi connectivity index (χ2n) is 8.31. The van der Waals surface area contributed by atoms with Crippen molar-refractivity contribution in [2.45, 2.75) is 33.5 Å². The summed E-state index contributed by atoms with van der Waals surface area (Å²) in [5.74, 6) is 2.20. The maximum atomic E-state index is 13.3. The summed E-state index contributed by atoms with van der Waals surface area (Å²) in [6.45, 7) is 4.65. The molecule has 2 aromatic heterocycles. The Balaban J connectivity index is 1.53. The lowest BCUT2D eigenvalue weighted by molar-refractivity contribution is -0.122. The lowest BCUT2D eigenvalue weighted by atomic mass is 10.0. The van der Waals surface area contributed by atoms with Crippen molar-refractivity contribution in [1.29, 1.82) is 5.26 Å². The van der Waals surface area contributed by atoms with E-state index in [2.05, 4.69) is 5.32 Å². The summed E-state index contributed by atoms with van der Waals surface area (Å²) < 4.78 is 18.1. The molecule has 5 rings (SSSR count). The summed E-state index contributed by atoms with van der Waals surface area (Å²) in [7, 11) is 0. The van der Waals surface area contributed by atoms with Gasteiger partial charge in [-0.25, -0.2) is 0 Å². The fourth-order valence-corrected chi connectivity index (χ4v) is 5.45. The molecule has 2 aliphatic heterocycles. The van der Waals surface area contributed by atoms with Crippen LogP contribution in [0.4, 0.5) is 5.82 Å². The van der Waals surface area contributed by atoms with Crippen LogP contribution in [-0.2, 0) is 24.4 Å². The molecule has 1 fully saturated rings. The first kappa shape index (κ1) is 24.7. The monoisotopic (exact) mass is 534 g/mol. The number of fused-ring (bicyclic) bond motifs is 1. The quantitative estimate of drug-likeness (QED) is 0.349. The highest BCUT2D eigenvalue weighted by atomic mass is 32.2. The standard InChI is InChI=1S/C26H22N4O5S2/c1-3-29-23(28-12-16-6-7-20-21(9-16)35-14-34-20)18(15(2)19(11-27)24(29)31)10-22-25(32)30(26(36)37-22)13-17-5-4-8-33-17/h4-10,28H,3,12-14H2,1-2H3/b22-10+. The molecule has 0 aliphatic carbocycles. The van der Waals surface area contributed by atoms with Crippen LogP contribution < -0.4 is 20.3 Å². The number of nitrogens with one attached hydrogen (secondary N) is 1. The van der Waals surface area contributed by atoms with Gasteiger partial charge in [0.2, 0.25) is 6.79 Å². The molecule has 1 amide bonds. The summed E-state index contributed by atoms with van der Waals surface area (Å²) in [6, 6.07) is 11.2. The van der Waals surface area contributed by atoms with Gasteiger partial charge in [0.05, 0.1) is 17.7 Å². The minimum absolute atomic E-state index is 0.0350. The molecular formula is C26H22N4O5S2. The van der Waals surface area contributed by atoms with Gasteiger partial charge in [0.1, 0.15) is 27.5 Å². The van der Waals surface area contributed by atoms with Crippen LogP contribution in [0.5, 0.6) is 11.5 Å². The van der Waals surface area contributed by atoms with Crippen molar-refractivity contribution < 1.29 is 18.7 Å². The van der Waals surface area contributed by atoms with E-state index in [9.17, 15) is 14.9 Å². The molecule has 1 N–H and O–H groups in total. The normalized spacial score (nSPS) is 15.5. The van der Waals surface area contributed by atoms with E-state index in [0.717, 1.165) is 5.56 Å². The summed E-state index contributed by atoms with van der Waals surface area (Å²) in [5.41, 5.74) is 1.63. The van der Waals surface area contributed by atoms with Crippen LogP contribution in [0, 0.1) is 18.3 Å². The summed E-state index contributed by atoms with van der Waals surface area (Å²) in [6.07, 6.45) is 3.24. The van der Waals surface area contributed by atoms with Crippen molar-refractivity contribution in [3.63, 3.8) is 0 Å². The zero-order chi connectivity index (χ0) is 26.1. The Morgan fingerprint density at radius 2 is 2.05 bits per heavy atom. The van der Waals surface area contributed by atoms with Gasteiger partial charge in [-0.15, -0.1) is 0 Å². The molecule has 1 saturated heterocycles. The first-order chi connectivity index (χ1) is 17.9. The molecule has 11 heteroatoms. The lowest BCUT2D eigenvalue weighted by Gasteiger charge is -2.19. The largest absolute Gasteiger partial charge is 0.467 e. The topological polar surface area (TPSA) is 110 Å². The molecular weight excluding hydrogens is 512 g/mol. The Hall–Kier alpha value is -4.01. The van der Waals surface area contributed by atoms with Crippen LogP contribution >= 0.6 is 24.0 Å². The number of nitrogens with zero attached hydrogens (tertiary/aromatic N) is 3. The van der Waals surface area contributed by atoms with Crippen molar-refractivity contribution in [2.75, 3.05) is 12.1 Å². The van der Waals surface area contributed by atoms with Crippen LogP contribution in [-0.4, -0.2) is 26.5 Å². The van der Waals surface area contributed by atoms with Crippen molar-refractivity contribution in [2.24, 2.45) is 0 Å². The number of pyridine rings is 1. The van der Waals surface area contributed by atoms with Gasteiger partial charge in [0, 0.05) is 18.7 Å². The van der Waals surface area contributed by atoms with Gasteiger partial charge >= 0.3 is 0 Å². The summed E-state index contributed by atoms with van der Waals surface area (Å²) in [4.78, 5) is 28.2. The van der Waals surface area contributed by atoms with Crippen LogP contribution in [0.15, 0.2) is 50.7 Å². The fourth-order valence-electron chi connectivity index (χ4n) is 4.22. The Kier molecular flexibility index (Phi) is 6.78. The third-order valence-electron chi connectivity index (χ3n) is 6.13. The number of furan rings is 1. The zero-order valence-corrected chi connectivity index (χ0v) is 21.7. The average molecular weight is 535 g/mol. The van der Waals surface area contributed by atoms with Gasteiger partial charge < -0.3 is 19.2 Å². The molecule has 188 valence electrons. The lowest BCUT2D eigenvalue weighted by Crippen LogP contribution is -2.28. The number of ether oxygens (including phenoxy) is 2. The second kappa shape index (κ2) is 10.2. The first-order valence-electron chi connectivity index (χ1n) is 11.5. The molecule has 0 spiro atoms. The van der Waals surface area contributed by atoms with Crippen LogP contribution in [0.1, 0.15) is 34.9 Å². The molecule has 3 aromatic rings. The van der Waals surface area contributed by atoms with Gasteiger partial charge in [0.25, 0.3) is 11.5 Å². The summed E-state index contributed by atoms with van der Waals surface area (Å²) >= 11 is 6.64. The molecule has 4 heterocycles. The number of thioether (sulfide) groups is 1. The number of carbonyl (C=O) groups excluding carboxylic acids is 1. The van der Waals surface area contributed by atoms with E-state index in [4.69, 9.17) is 26.1 Å². The number of aromatic nitrogens is 1. The van der Waals surface area contributed by atoms with Crippen molar-refractivity contribution in [3.8, 4) is 17.6 Å². The van der Waals surface area contributed by atoms with Crippen molar-refractivity contribution in [1.82, 2.24) is 9.47 Å². The molecule has 0 radical (unpaired) electrons. The maximum absolute atomic E-state index is 13.3. The van der Waals surface area contributed by atoms with Crippen LogP contribution in [0.25, 0.3) is 6.08 Å². The number of thiocarbonyl (C=S) groups is 1. The molecule has 9 nitrogen and oxygen atoms in total. The molecule has 0 bridgehead atoms. The molecule has 0 unspecified atom stereocenters. The molecule has 0 saturated carbocycles. The van der Waals surface area contributed by atoms with Gasteiger partial charge in [-0.2, -0.15) is 5.26 Å². The fraction of sp³-hybridized carbons (Fsp3) is 0.231. The van der Waals surface area contributed by atoms with E-state index in [-0.39, 0.29) is 24.8 Å². The van der Waals surface area contributed by atoms with Crippen LogP contribution in [0.2, 0.25) is 0 Å². The Morgan fingerprint density at radius 3 is 2.78 bits per heavy atom. The Bertz CT molecular complexity index is 1540. The number of anilines is 1. The number of carbonyl (C=O) groups is 1. The van der Waals surface area contributed by atoms with E-state index >= 15 is 0 Å². The van der Waals surface area contributed by atoms with E-state index < -0.39 is 5.56 Å². The van der Waals surface area contributed by atoms with Crippen LogP contribution in [0.3, 0.4) is 0 Å². The molecule has 37 heavy (non-hydrogen) atoms. The molecule has 2 aliphatic rings. The summed E-state index contributed by atoms with van der Waals surface area (Å²) in [5, 5.41) is 13.1. The minimum Gasteiger partial charge on any atom is -0.467 e. The molecule has 0 atom stereocenters. The highest BCUT2D eigenvalue weighted by Gasteiger charge is 2.33. The van der Waals surface area contributed by atoms with Gasteiger partial charge in [-0.3, -0.25) is 19.1 Å². The average Bonchev–Trinajstić information content (AvgIpc) is 3.63. The van der Waals surface area contributed by atoms with E-state index in [0.29, 0.717) is 56.5 Å². The van der Waals surface area contributed by atoms with E-state index in [1.165, 1.54) is 21.2 Å². The first-order valence-corrected chi connectivity index (χ1v) is 12.7. The highest BCUT2D eigenvalue weighted by Crippen LogP contribution is 2.36. The maximum Gasteiger partial charge on any atom is 0.270 e. The van der Waals surface area contributed by atoms with E-state index in [1.807, 2.05) is 31.2 Å². The highest BCUT2D eigenvalue weighted by molar-refractivity contribution is 8.26. The van der Waals surface area contributed by atoms with Gasteiger partial charge in [-0.05, 0) is 55.3 Å². The second-order valence-corrected chi connectivity index (χ2v) is 9.99. The third-order valence-corrected chi connectivity index (χ3v) is 7.51. The number of benzene rings is 1.